The van der Waals surface area contributed by atoms with Crippen LogP contribution in [0.3, 0.4) is 0 Å². The highest BCUT2D eigenvalue weighted by Gasteiger charge is 2.22. The summed E-state index contributed by atoms with van der Waals surface area (Å²) in [5.74, 6) is 0.138. The van der Waals surface area contributed by atoms with Crippen LogP contribution in [0.1, 0.15) is 65.5 Å². The normalized spacial score (nSPS) is 15.4. The third-order valence-electron chi connectivity index (χ3n) is 5.10. The lowest BCUT2D eigenvalue weighted by Crippen LogP contribution is -2.24. The minimum Gasteiger partial charge on any atom is -0.508 e. The first kappa shape index (κ1) is 16.6. The van der Waals surface area contributed by atoms with Crippen LogP contribution >= 0.6 is 0 Å². The predicted molar refractivity (Wildman–Crippen MR) is 95.3 cm³/mol. The highest BCUT2D eigenvalue weighted by atomic mass is 16.3. The van der Waals surface area contributed by atoms with Crippen molar-refractivity contribution in [2.45, 2.75) is 58.5 Å². The molecule has 2 aromatic rings. The SMILES string of the molecule is Cc1cc(C(=O)NCc2ccccc2O)c(C)n1C1CCCCC1. The third kappa shape index (κ3) is 3.32. The molecule has 1 aliphatic carbocycles. The standard InChI is InChI=1S/C20H26N2O2/c1-14-12-18(15(2)22(14)17-9-4-3-5-10-17)20(24)21-13-16-8-6-7-11-19(16)23/h6-8,11-12,17,23H,3-5,9-10,13H2,1-2H3,(H,21,24). The van der Waals surface area contributed by atoms with E-state index in [9.17, 15) is 9.90 Å². The number of phenols is 1. The predicted octanol–water partition coefficient (Wildman–Crippen LogP) is 4.25. The van der Waals surface area contributed by atoms with E-state index in [1.54, 1.807) is 12.1 Å². The van der Waals surface area contributed by atoms with Gasteiger partial charge in [-0.05, 0) is 38.8 Å². The second-order valence-corrected chi connectivity index (χ2v) is 6.76. The number of nitrogens with zero attached hydrogens (tertiary/aromatic N) is 1. The van der Waals surface area contributed by atoms with Crippen molar-refractivity contribution in [2.75, 3.05) is 0 Å². The lowest BCUT2D eigenvalue weighted by atomic mass is 9.95. The molecule has 0 radical (unpaired) electrons. The van der Waals surface area contributed by atoms with Crippen LogP contribution in [0.15, 0.2) is 30.3 Å². The Balaban J connectivity index is 1.74. The number of nitrogens with one attached hydrogen (secondary N) is 1. The van der Waals surface area contributed by atoms with E-state index in [1.807, 2.05) is 25.1 Å². The van der Waals surface area contributed by atoms with Gasteiger partial charge in [0, 0.05) is 29.5 Å². The minimum atomic E-state index is -0.0755. The lowest BCUT2D eigenvalue weighted by molar-refractivity contribution is 0.0950. The van der Waals surface area contributed by atoms with E-state index in [-0.39, 0.29) is 11.7 Å². The van der Waals surface area contributed by atoms with E-state index in [4.69, 9.17) is 0 Å². The van der Waals surface area contributed by atoms with E-state index in [2.05, 4.69) is 16.8 Å². The summed E-state index contributed by atoms with van der Waals surface area (Å²) in [5.41, 5.74) is 3.68. The third-order valence-corrected chi connectivity index (χ3v) is 5.10. The van der Waals surface area contributed by atoms with Gasteiger partial charge in [-0.15, -0.1) is 0 Å². The fraction of sp³-hybridized carbons (Fsp3) is 0.450. The number of carbonyl (C=O) groups is 1. The molecule has 128 valence electrons. The van der Waals surface area contributed by atoms with Crippen molar-refractivity contribution in [1.29, 1.82) is 0 Å². The smallest absolute Gasteiger partial charge is 0.253 e. The van der Waals surface area contributed by atoms with Crippen molar-refractivity contribution in [3.05, 3.63) is 52.8 Å². The van der Waals surface area contributed by atoms with Crippen LogP contribution in [0.2, 0.25) is 0 Å². The van der Waals surface area contributed by atoms with Crippen LogP contribution in [0.5, 0.6) is 5.75 Å². The molecule has 1 amide bonds. The Morgan fingerprint density at radius 1 is 1.21 bits per heavy atom. The number of hydrogen-bond acceptors (Lipinski definition) is 2. The molecule has 4 heteroatoms. The van der Waals surface area contributed by atoms with Crippen molar-refractivity contribution in [3.63, 3.8) is 0 Å². The Morgan fingerprint density at radius 3 is 2.62 bits per heavy atom. The summed E-state index contributed by atoms with van der Waals surface area (Å²) in [6, 6.07) is 9.61. The fourth-order valence-corrected chi connectivity index (χ4v) is 3.84. The van der Waals surface area contributed by atoms with E-state index < -0.39 is 0 Å². The number of aromatic nitrogens is 1. The highest BCUT2D eigenvalue weighted by Crippen LogP contribution is 2.32. The van der Waals surface area contributed by atoms with Crippen molar-refractivity contribution >= 4 is 5.91 Å². The number of para-hydroxylation sites is 1. The first-order valence-electron chi connectivity index (χ1n) is 8.81. The number of amides is 1. The van der Waals surface area contributed by atoms with Crippen LogP contribution in [0, 0.1) is 13.8 Å². The van der Waals surface area contributed by atoms with Crippen LogP contribution in [-0.4, -0.2) is 15.6 Å². The maximum absolute atomic E-state index is 12.6. The summed E-state index contributed by atoms with van der Waals surface area (Å²) in [6.45, 7) is 4.45. The van der Waals surface area contributed by atoms with E-state index in [1.165, 1.54) is 32.1 Å². The molecule has 1 saturated carbocycles. The maximum Gasteiger partial charge on any atom is 0.253 e. The van der Waals surface area contributed by atoms with Gasteiger partial charge in [-0.2, -0.15) is 0 Å². The van der Waals surface area contributed by atoms with Crippen LogP contribution in [0.4, 0.5) is 0 Å². The number of benzene rings is 1. The molecule has 1 aromatic carbocycles. The summed E-state index contributed by atoms with van der Waals surface area (Å²) in [7, 11) is 0. The number of phenolic OH excluding ortho intramolecular Hbond substituents is 1. The van der Waals surface area contributed by atoms with Gasteiger partial charge in [0.15, 0.2) is 0 Å². The van der Waals surface area contributed by atoms with Gasteiger partial charge in [-0.25, -0.2) is 0 Å². The molecule has 0 aliphatic heterocycles. The van der Waals surface area contributed by atoms with Gasteiger partial charge in [-0.1, -0.05) is 37.5 Å². The van der Waals surface area contributed by atoms with Gasteiger partial charge < -0.3 is 15.0 Å². The molecule has 0 atom stereocenters. The summed E-state index contributed by atoms with van der Waals surface area (Å²) in [5, 5.41) is 12.7. The number of aryl methyl sites for hydroxylation is 1. The Kier molecular flexibility index (Phi) is 4.93. The monoisotopic (exact) mass is 326 g/mol. The molecular formula is C20H26N2O2. The Labute approximate surface area is 143 Å². The van der Waals surface area contributed by atoms with Crippen molar-refractivity contribution < 1.29 is 9.90 Å². The van der Waals surface area contributed by atoms with Crippen LogP contribution in [0.25, 0.3) is 0 Å². The van der Waals surface area contributed by atoms with Gasteiger partial charge in [-0.3, -0.25) is 4.79 Å². The molecule has 0 spiro atoms. The molecule has 4 nitrogen and oxygen atoms in total. The van der Waals surface area contributed by atoms with Gasteiger partial charge in [0.05, 0.1) is 5.56 Å². The summed E-state index contributed by atoms with van der Waals surface area (Å²) < 4.78 is 2.34. The number of rotatable bonds is 4. The molecule has 2 N–H and O–H groups in total. The average molecular weight is 326 g/mol. The molecule has 0 bridgehead atoms. The molecule has 0 unspecified atom stereocenters. The van der Waals surface area contributed by atoms with Gasteiger partial charge in [0.25, 0.3) is 5.91 Å². The topological polar surface area (TPSA) is 54.3 Å². The second-order valence-electron chi connectivity index (χ2n) is 6.76. The Hall–Kier alpha value is -2.23. The average Bonchev–Trinajstić information content (AvgIpc) is 2.89. The van der Waals surface area contributed by atoms with Crippen molar-refractivity contribution in [2.24, 2.45) is 0 Å². The zero-order valence-corrected chi connectivity index (χ0v) is 14.5. The first-order chi connectivity index (χ1) is 11.6. The fourth-order valence-electron chi connectivity index (χ4n) is 3.84. The van der Waals surface area contributed by atoms with Crippen molar-refractivity contribution in [3.8, 4) is 5.75 Å². The van der Waals surface area contributed by atoms with Crippen LogP contribution < -0.4 is 5.32 Å². The summed E-state index contributed by atoms with van der Waals surface area (Å²) in [4.78, 5) is 12.6. The van der Waals surface area contributed by atoms with Gasteiger partial charge in [0.2, 0.25) is 0 Å². The van der Waals surface area contributed by atoms with E-state index >= 15 is 0 Å². The molecule has 1 fully saturated rings. The molecule has 0 saturated heterocycles. The number of aromatic hydroxyl groups is 1. The zero-order chi connectivity index (χ0) is 17.1. The largest absolute Gasteiger partial charge is 0.508 e. The lowest BCUT2D eigenvalue weighted by Gasteiger charge is -2.26. The first-order valence-corrected chi connectivity index (χ1v) is 8.81. The molecule has 1 aliphatic rings. The number of hydrogen-bond donors (Lipinski definition) is 2. The van der Waals surface area contributed by atoms with Gasteiger partial charge >= 0.3 is 0 Å². The quantitative estimate of drug-likeness (QED) is 0.882. The molecule has 1 aromatic heterocycles. The van der Waals surface area contributed by atoms with Gasteiger partial charge in [0.1, 0.15) is 5.75 Å². The summed E-state index contributed by atoms with van der Waals surface area (Å²) >= 11 is 0. The zero-order valence-electron chi connectivity index (χ0n) is 14.5. The Bertz CT molecular complexity index is 727. The molecule has 3 rings (SSSR count). The highest BCUT2D eigenvalue weighted by molar-refractivity contribution is 5.95. The second kappa shape index (κ2) is 7.12. The molecule has 24 heavy (non-hydrogen) atoms. The Morgan fingerprint density at radius 2 is 1.92 bits per heavy atom. The number of carbonyl (C=O) groups excluding carboxylic acids is 1. The maximum atomic E-state index is 12.6. The molecular weight excluding hydrogens is 300 g/mol. The van der Waals surface area contributed by atoms with E-state index in [0.717, 1.165) is 22.5 Å². The summed E-state index contributed by atoms with van der Waals surface area (Å²) in [6.07, 6.45) is 6.28. The minimum absolute atomic E-state index is 0.0755. The van der Waals surface area contributed by atoms with E-state index in [0.29, 0.717) is 12.6 Å². The van der Waals surface area contributed by atoms with Crippen LogP contribution in [-0.2, 0) is 6.54 Å². The molecule has 1 heterocycles. The van der Waals surface area contributed by atoms with Crippen molar-refractivity contribution in [1.82, 2.24) is 9.88 Å².